The molecule has 5 rings (SSSR count). The molecule has 4 N–H and O–H groups in total. The van der Waals surface area contributed by atoms with Crippen LogP contribution < -0.4 is 10.6 Å². The van der Waals surface area contributed by atoms with Gasteiger partial charge in [-0.15, -0.1) is 0 Å². The van der Waals surface area contributed by atoms with Crippen LogP contribution in [0.5, 0.6) is 0 Å². The Morgan fingerprint density at radius 3 is 2.59 bits per heavy atom. The first-order valence-electron chi connectivity index (χ1n) is 10.3. The summed E-state index contributed by atoms with van der Waals surface area (Å²) in [4.78, 5) is 30.3. The van der Waals surface area contributed by atoms with Gasteiger partial charge >= 0.3 is 0 Å². The number of aliphatic hydroxyl groups excluding tert-OH is 1. The van der Waals surface area contributed by atoms with Crippen LogP contribution in [0, 0.1) is 0 Å². The van der Waals surface area contributed by atoms with Crippen LogP contribution in [0.1, 0.15) is 32.9 Å². The van der Waals surface area contributed by atoms with Crippen LogP contribution in [0.4, 0.5) is 0 Å². The number of hydrogen-bond donors (Lipinski definition) is 4. The summed E-state index contributed by atoms with van der Waals surface area (Å²) >= 11 is 0. The lowest BCUT2D eigenvalue weighted by Crippen LogP contribution is -2.82. The van der Waals surface area contributed by atoms with E-state index in [4.69, 9.17) is 14.2 Å². The molecule has 10 nitrogen and oxygen atoms in total. The number of carbonyl (C=O) groups excluding carboxylic acids is 2. The maximum Gasteiger partial charge on any atom is 0.280 e. The number of carbonyl (C=O) groups is 2. The zero-order chi connectivity index (χ0) is 23.2. The van der Waals surface area contributed by atoms with Crippen molar-refractivity contribution in [1.82, 2.24) is 15.6 Å². The van der Waals surface area contributed by atoms with Gasteiger partial charge in [0.15, 0.2) is 5.79 Å². The number of pyridine rings is 1. The van der Waals surface area contributed by atoms with Crippen LogP contribution in [0.2, 0.25) is 0 Å². The quantitative estimate of drug-likeness (QED) is 0.507. The second-order valence-corrected chi connectivity index (χ2v) is 8.76. The minimum atomic E-state index is -2.29. The maximum atomic E-state index is 13.1. The molecule has 32 heavy (non-hydrogen) atoms. The average molecular weight is 445 g/mol. The van der Waals surface area contributed by atoms with Crippen LogP contribution in [0.3, 0.4) is 0 Å². The van der Waals surface area contributed by atoms with E-state index >= 15 is 0 Å². The standard InChI is InChI=1S/C22H27N3O7/c1-19(2)31-13-20(3,32-19)16(26)22-18(28)24-21(29,17(27)25-22)14(10-12-30-22)7-6-9-15-8-4-5-11-23-15/h4-9,11,16,26,29H,10,12-13H2,1-3H3,(H,24,28)(H,25,27)/b9-6+,14-7+/t16-,20+,21-,22+/m1/s1. The SMILES string of the molecule is CC1(C)OC[C@@](C)([C@@H](O)[C@@]23NC(=O)[C@@](O)(NC2=O)/C(=C/C=C/c2ccccn2)CCO3)O1. The predicted octanol–water partition coefficient (Wildman–Crippen LogP) is -0.0251. The molecule has 4 saturated heterocycles. The summed E-state index contributed by atoms with van der Waals surface area (Å²) in [7, 11) is 0. The van der Waals surface area contributed by atoms with E-state index in [0.29, 0.717) is 5.69 Å². The summed E-state index contributed by atoms with van der Waals surface area (Å²) in [5.41, 5.74) is -4.85. The average Bonchev–Trinajstić information content (AvgIpc) is 3.03. The molecule has 172 valence electrons. The van der Waals surface area contributed by atoms with E-state index in [9.17, 15) is 19.8 Å². The zero-order valence-corrected chi connectivity index (χ0v) is 18.1. The molecular formula is C22H27N3O7. The number of allylic oxidation sites excluding steroid dienone is 2. The van der Waals surface area contributed by atoms with Gasteiger partial charge in [0.05, 0.1) is 18.9 Å². The fourth-order valence-corrected chi connectivity index (χ4v) is 4.18. The van der Waals surface area contributed by atoms with Crippen molar-refractivity contribution < 1.29 is 34.0 Å². The summed E-state index contributed by atoms with van der Waals surface area (Å²) in [6, 6.07) is 5.42. The number of fused-ring (bicyclic) bond motifs is 5. The first kappa shape index (κ1) is 22.6. The predicted molar refractivity (Wildman–Crippen MR) is 111 cm³/mol. The summed E-state index contributed by atoms with van der Waals surface area (Å²) in [5, 5.41) is 27.0. The van der Waals surface area contributed by atoms with Gasteiger partial charge in [0.1, 0.15) is 11.7 Å². The fraction of sp³-hybridized carbons (Fsp3) is 0.500. The van der Waals surface area contributed by atoms with Gasteiger partial charge in [0, 0.05) is 6.20 Å². The number of amides is 2. The highest BCUT2D eigenvalue weighted by Crippen LogP contribution is 2.40. The molecule has 10 heteroatoms. The van der Waals surface area contributed by atoms with E-state index in [1.54, 1.807) is 51.3 Å². The molecule has 1 aromatic heterocycles. The van der Waals surface area contributed by atoms with E-state index < -0.39 is 40.8 Å². The molecule has 2 bridgehead atoms. The highest BCUT2D eigenvalue weighted by molar-refractivity contribution is 6.03. The van der Waals surface area contributed by atoms with E-state index in [1.807, 2.05) is 6.07 Å². The van der Waals surface area contributed by atoms with Crippen molar-refractivity contribution in [1.29, 1.82) is 0 Å². The fourth-order valence-electron chi connectivity index (χ4n) is 4.18. The number of hydrogen-bond acceptors (Lipinski definition) is 8. The monoisotopic (exact) mass is 445 g/mol. The molecule has 1 aromatic rings. The number of rotatable bonds is 4. The molecule has 4 atom stereocenters. The lowest BCUT2D eigenvalue weighted by molar-refractivity contribution is -0.240. The third-order valence-electron chi connectivity index (χ3n) is 5.83. The van der Waals surface area contributed by atoms with Crippen molar-refractivity contribution in [2.45, 2.75) is 56.1 Å². The van der Waals surface area contributed by atoms with Crippen molar-refractivity contribution in [3.8, 4) is 0 Å². The van der Waals surface area contributed by atoms with E-state index in [-0.39, 0.29) is 25.2 Å². The van der Waals surface area contributed by atoms with Gasteiger partial charge in [-0.2, -0.15) is 0 Å². The Balaban J connectivity index is 1.61. The summed E-state index contributed by atoms with van der Waals surface area (Å²) in [6.45, 7) is 4.85. The summed E-state index contributed by atoms with van der Waals surface area (Å²) in [5.74, 6) is -2.80. The minimum absolute atomic E-state index is 0.0246. The topological polar surface area (TPSA) is 139 Å². The molecule has 2 amide bonds. The Hall–Kier alpha value is -2.63. The third-order valence-corrected chi connectivity index (χ3v) is 5.83. The molecule has 0 radical (unpaired) electrons. The molecular weight excluding hydrogens is 418 g/mol. The Morgan fingerprint density at radius 1 is 1.16 bits per heavy atom. The highest BCUT2D eigenvalue weighted by Gasteiger charge is 2.65. The molecule has 4 aliphatic heterocycles. The normalized spacial score (nSPS) is 36.6. The second kappa shape index (κ2) is 7.75. The molecule has 4 aliphatic rings. The molecule has 4 fully saturated rings. The number of aliphatic hydroxyl groups is 2. The van der Waals surface area contributed by atoms with Crippen LogP contribution in [-0.2, 0) is 23.8 Å². The van der Waals surface area contributed by atoms with Crippen molar-refractivity contribution in [2.24, 2.45) is 0 Å². The van der Waals surface area contributed by atoms with Gasteiger partial charge < -0.3 is 35.1 Å². The Labute approximate surface area is 185 Å². The van der Waals surface area contributed by atoms with Crippen LogP contribution in [0.15, 0.2) is 42.1 Å². The van der Waals surface area contributed by atoms with E-state index in [0.717, 1.165) is 0 Å². The van der Waals surface area contributed by atoms with Gasteiger partial charge in [-0.1, -0.05) is 18.2 Å². The summed E-state index contributed by atoms with van der Waals surface area (Å²) < 4.78 is 17.1. The van der Waals surface area contributed by atoms with Crippen LogP contribution in [0.25, 0.3) is 6.08 Å². The van der Waals surface area contributed by atoms with E-state index in [2.05, 4.69) is 15.6 Å². The Bertz CT molecular complexity index is 979. The summed E-state index contributed by atoms with van der Waals surface area (Å²) in [6.07, 6.45) is 5.02. The molecule has 0 aliphatic carbocycles. The maximum absolute atomic E-state index is 13.1. The third kappa shape index (κ3) is 3.74. The first-order valence-corrected chi connectivity index (χ1v) is 10.3. The molecule has 0 unspecified atom stereocenters. The number of nitrogens with zero attached hydrogens (tertiary/aromatic N) is 1. The van der Waals surface area contributed by atoms with Crippen molar-refractivity contribution in [3.05, 3.63) is 47.8 Å². The first-order chi connectivity index (χ1) is 15.0. The lowest BCUT2D eigenvalue weighted by Gasteiger charge is -2.50. The van der Waals surface area contributed by atoms with Gasteiger partial charge in [-0.05, 0) is 51.0 Å². The van der Waals surface area contributed by atoms with Crippen LogP contribution >= 0.6 is 0 Å². The second-order valence-electron chi connectivity index (χ2n) is 8.76. The number of nitrogens with one attached hydrogen (secondary N) is 2. The minimum Gasteiger partial charge on any atom is -0.384 e. The molecule has 0 aromatic carbocycles. The largest absolute Gasteiger partial charge is 0.384 e. The van der Waals surface area contributed by atoms with Gasteiger partial charge in [0.2, 0.25) is 5.72 Å². The number of ether oxygens (including phenoxy) is 3. The van der Waals surface area contributed by atoms with Gasteiger partial charge in [-0.3, -0.25) is 14.6 Å². The molecule has 0 saturated carbocycles. The Morgan fingerprint density at radius 2 is 1.94 bits per heavy atom. The van der Waals surface area contributed by atoms with Crippen LogP contribution in [-0.4, -0.2) is 69.2 Å². The van der Waals surface area contributed by atoms with Gasteiger partial charge in [-0.25, -0.2) is 0 Å². The number of piperazine rings is 1. The van der Waals surface area contributed by atoms with E-state index in [1.165, 1.54) is 6.08 Å². The highest BCUT2D eigenvalue weighted by atomic mass is 16.8. The van der Waals surface area contributed by atoms with Crippen molar-refractivity contribution in [3.63, 3.8) is 0 Å². The van der Waals surface area contributed by atoms with Gasteiger partial charge in [0.25, 0.3) is 17.5 Å². The molecule has 0 spiro atoms. The van der Waals surface area contributed by atoms with Crippen molar-refractivity contribution in [2.75, 3.05) is 13.2 Å². The van der Waals surface area contributed by atoms with Crippen molar-refractivity contribution >= 4 is 17.9 Å². The zero-order valence-electron chi connectivity index (χ0n) is 18.1. The number of aromatic nitrogens is 1. The lowest BCUT2D eigenvalue weighted by atomic mass is 9.84. The molecule has 5 heterocycles. The Kier molecular flexibility index (Phi) is 5.46. The smallest absolute Gasteiger partial charge is 0.280 e.